The molecule has 0 aromatic rings. The zero-order chi connectivity index (χ0) is 11.5. The molecule has 82 valence electrons. The van der Waals surface area contributed by atoms with Crippen molar-refractivity contribution in [2.45, 2.75) is 39.0 Å². The van der Waals surface area contributed by atoms with E-state index < -0.39 is 15.3 Å². The van der Waals surface area contributed by atoms with Crippen LogP contribution in [0.15, 0.2) is 0 Å². The number of hydrogen-bond donors (Lipinski definition) is 0. The normalized spacial score (nSPS) is 16.7. The van der Waals surface area contributed by atoms with Crippen molar-refractivity contribution in [1.82, 2.24) is 4.31 Å². The maximum absolute atomic E-state index is 11.7. The van der Waals surface area contributed by atoms with Crippen molar-refractivity contribution < 1.29 is 8.42 Å². The van der Waals surface area contributed by atoms with E-state index >= 15 is 0 Å². The van der Waals surface area contributed by atoms with E-state index in [1.54, 1.807) is 6.07 Å². The van der Waals surface area contributed by atoms with E-state index in [9.17, 15) is 8.42 Å². The highest BCUT2D eigenvalue weighted by Crippen LogP contribution is 2.15. The Morgan fingerprint density at radius 2 is 1.64 bits per heavy atom. The second-order valence-corrected chi connectivity index (χ2v) is 6.13. The van der Waals surface area contributed by atoms with Crippen molar-refractivity contribution in [3.8, 4) is 6.07 Å². The topological polar surface area (TPSA) is 61.2 Å². The third-order valence-electron chi connectivity index (χ3n) is 2.57. The molecule has 0 rings (SSSR count). The summed E-state index contributed by atoms with van der Waals surface area (Å²) < 4.78 is 24.7. The molecular formula is C9H18N2O2S. The first-order valence-corrected chi connectivity index (χ1v) is 6.12. The van der Waals surface area contributed by atoms with E-state index in [4.69, 9.17) is 5.26 Å². The first kappa shape index (κ1) is 13.4. The summed E-state index contributed by atoms with van der Waals surface area (Å²) in [5.41, 5.74) is 0. The maximum atomic E-state index is 11.7. The van der Waals surface area contributed by atoms with Gasteiger partial charge < -0.3 is 0 Å². The Morgan fingerprint density at radius 3 is 1.93 bits per heavy atom. The Hall–Kier alpha value is -0.600. The molecule has 0 saturated heterocycles. The zero-order valence-electron chi connectivity index (χ0n) is 9.35. The number of rotatable bonds is 4. The van der Waals surface area contributed by atoms with E-state index in [1.807, 2.05) is 20.8 Å². The highest BCUT2D eigenvalue weighted by atomic mass is 32.2. The van der Waals surface area contributed by atoms with E-state index in [2.05, 4.69) is 0 Å². The van der Waals surface area contributed by atoms with Crippen molar-refractivity contribution in [2.24, 2.45) is 5.92 Å². The summed E-state index contributed by atoms with van der Waals surface area (Å²) in [6, 6.07) is 1.66. The Morgan fingerprint density at radius 1 is 1.21 bits per heavy atom. The molecule has 2 atom stereocenters. The molecule has 2 unspecified atom stereocenters. The molecular weight excluding hydrogens is 200 g/mol. The van der Waals surface area contributed by atoms with Crippen LogP contribution in [0.2, 0.25) is 0 Å². The van der Waals surface area contributed by atoms with Crippen LogP contribution in [0.25, 0.3) is 0 Å². The third kappa shape index (κ3) is 2.69. The lowest BCUT2D eigenvalue weighted by molar-refractivity contribution is 0.314. The fourth-order valence-corrected chi connectivity index (χ4v) is 2.31. The molecule has 0 fully saturated rings. The van der Waals surface area contributed by atoms with Crippen molar-refractivity contribution >= 4 is 10.0 Å². The van der Waals surface area contributed by atoms with Gasteiger partial charge in [0, 0.05) is 13.1 Å². The van der Waals surface area contributed by atoms with Crippen molar-refractivity contribution in [2.75, 3.05) is 7.05 Å². The van der Waals surface area contributed by atoms with Crippen LogP contribution in [-0.4, -0.2) is 31.1 Å². The van der Waals surface area contributed by atoms with E-state index in [0.717, 1.165) is 0 Å². The highest BCUT2D eigenvalue weighted by molar-refractivity contribution is 7.89. The number of sulfonamides is 1. The lowest BCUT2D eigenvalue weighted by Crippen LogP contribution is -2.42. The first-order valence-electron chi connectivity index (χ1n) is 4.61. The summed E-state index contributed by atoms with van der Waals surface area (Å²) in [5.74, 6) is 0.237. The lowest BCUT2D eigenvalue weighted by Gasteiger charge is -2.27. The van der Waals surface area contributed by atoms with Gasteiger partial charge in [-0.05, 0) is 19.8 Å². The van der Waals surface area contributed by atoms with Crippen LogP contribution in [0.1, 0.15) is 27.7 Å². The molecule has 0 aromatic heterocycles. The highest BCUT2D eigenvalue weighted by Gasteiger charge is 2.30. The molecule has 0 saturated carbocycles. The van der Waals surface area contributed by atoms with Gasteiger partial charge >= 0.3 is 0 Å². The van der Waals surface area contributed by atoms with Crippen LogP contribution in [0, 0.1) is 17.2 Å². The molecule has 4 nitrogen and oxygen atoms in total. The Balaban J connectivity index is 4.87. The van der Waals surface area contributed by atoms with Gasteiger partial charge in [-0.15, -0.1) is 0 Å². The first-order chi connectivity index (χ1) is 6.25. The average molecular weight is 218 g/mol. The maximum Gasteiger partial charge on any atom is 0.230 e. The van der Waals surface area contributed by atoms with Crippen LogP contribution in [0.4, 0.5) is 0 Å². The minimum atomic E-state index is -3.46. The van der Waals surface area contributed by atoms with Crippen LogP contribution in [0.5, 0.6) is 0 Å². The van der Waals surface area contributed by atoms with E-state index in [-0.39, 0.29) is 12.0 Å². The predicted molar refractivity (Wildman–Crippen MR) is 56.1 cm³/mol. The molecule has 0 spiro atoms. The van der Waals surface area contributed by atoms with Crippen molar-refractivity contribution in [1.29, 1.82) is 5.26 Å². The quantitative estimate of drug-likeness (QED) is 0.712. The fraction of sp³-hybridized carbons (Fsp3) is 0.889. The molecule has 0 heterocycles. The number of nitrogens with zero attached hydrogens (tertiary/aromatic N) is 2. The molecule has 5 heteroatoms. The standard InChI is InChI=1S/C9H18N2O2S/c1-7(2)9(4)11(5)14(12,13)8(3)6-10/h7-9H,1-5H3. The summed E-state index contributed by atoms with van der Waals surface area (Å²) in [7, 11) is -1.94. The third-order valence-corrected chi connectivity index (χ3v) is 4.70. The lowest BCUT2D eigenvalue weighted by atomic mass is 10.1. The van der Waals surface area contributed by atoms with Crippen LogP contribution in [0.3, 0.4) is 0 Å². The summed E-state index contributed by atoms with van der Waals surface area (Å²) in [6.07, 6.45) is 0. The molecule has 0 bridgehead atoms. The van der Waals surface area contributed by atoms with Crippen molar-refractivity contribution in [3.05, 3.63) is 0 Å². The van der Waals surface area contributed by atoms with Crippen LogP contribution < -0.4 is 0 Å². The summed E-state index contributed by atoms with van der Waals surface area (Å²) in [4.78, 5) is 0. The predicted octanol–water partition coefficient (Wildman–Crippen LogP) is 1.20. The summed E-state index contributed by atoms with van der Waals surface area (Å²) >= 11 is 0. The monoisotopic (exact) mass is 218 g/mol. The molecule has 0 radical (unpaired) electrons. The molecule has 0 aliphatic rings. The van der Waals surface area contributed by atoms with Gasteiger partial charge in [0.05, 0.1) is 6.07 Å². The molecule has 14 heavy (non-hydrogen) atoms. The van der Waals surface area contributed by atoms with Crippen LogP contribution in [-0.2, 0) is 10.0 Å². The van der Waals surface area contributed by atoms with Crippen molar-refractivity contribution in [3.63, 3.8) is 0 Å². The Labute approximate surface area is 86.6 Å². The summed E-state index contributed by atoms with van der Waals surface area (Å²) in [5, 5.41) is 7.61. The van der Waals surface area contributed by atoms with Gasteiger partial charge in [0.2, 0.25) is 10.0 Å². The van der Waals surface area contributed by atoms with Gasteiger partial charge in [0.15, 0.2) is 5.25 Å². The Bertz CT molecular complexity index is 316. The fourth-order valence-electron chi connectivity index (χ4n) is 0.968. The second-order valence-electron chi connectivity index (χ2n) is 3.82. The largest absolute Gasteiger partial charge is 0.230 e. The van der Waals surface area contributed by atoms with Gasteiger partial charge in [0.1, 0.15) is 0 Å². The van der Waals surface area contributed by atoms with E-state index in [0.29, 0.717) is 0 Å². The van der Waals surface area contributed by atoms with Gasteiger partial charge in [-0.3, -0.25) is 0 Å². The second kappa shape index (κ2) is 4.76. The van der Waals surface area contributed by atoms with Gasteiger partial charge in [-0.1, -0.05) is 13.8 Å². The molecule has 0 aliphatic carbocycles. The number of hydrogen-bond acceptors (Lipinski definition) is 3. The smallest absolute Gasteiger partial charge is 0.211 e. The molecule has 0 amide bonds. The van der Waals surface area contributed by atoms with E-state index in [1.165, 1.54) is 18.3 Å². The SMILES string of the molecule is CC(C)C(C)N(C)S(=O)(=O)C(C)C#N. The summed E-state index contributed by atoms with van der Waals surface area (Å²) in [6.45, 7) is 7.15. The minimum absolute atomic E-state index is 0.0872. The van der Waals surface area contributed by atoms with Crippen LogP contribution >= 0.6 is 0 Å². The zero-order valence-corrected chi connectivity index (χ0v) is 10.2. The van der Waals surface area contributed by atoms with Gasteiger partial charge in [-0.25, -0.2) is 12.7 Å². The van der Waals surface area contributed by atoms with Gasteiger partial charge in [0.25, 0.3) is 0 Å². The number of nitriles is 1. The Kier molecular flexibility index (Phi) is 4.56. The molecule has 0 N–H and O–H groups in total. The van der Waals surface area contributed by atoms with Gasteiger partial charge in [-0.2, -0.15) is 5.26 Å². The molecule has 0 aliphatic heterocycles. The minimum Gasteiger partial charge on any atom is -0.211 e. The average Bonchev–Trinajstić information content (AvgIpc) is 2.13. The molecule has 0 aromatic carbocycles.